The zero-order valence-electron chi connectivity index (χ0n) is 13.6. The van der Waals surface area contributed by atoms with E-state index in [9.17, 15) is 14.0 Å². The Morgan fingerprint density at radius 1 is 1.32 bits per heavy atom. The molecule has 0 unspecified atom stereocenters. The Hall–Kier alpha value is -2.54. The SMILES string of the molecule is O=C([C@@H]1CCO[C@H]1c1ccc(F)cc1)N1CCc2c(nc[nH]c2=O)C1. The standard InChI is InChI=1S/C18H18FN3O3/c19-12-3-1-11(2-4-12)16-14(6-8-25-16)18(24)22-7-5-13-15(9-22)20-10-21-17(13)23/h1-4,10,14,16H,5-9H2,(H,20,21,23)/t14-,16+/m1/s1. The van der Waals surface area contributed by atoms with Crippen LogP contribution in [0.2, 0.25) is 0 Å². The molecule has 4 rings (SSSR count). The van der Waals surface area contributed by atoms with Crippen molar-refractivity contribution in [1.82, 2.24) is 14.9 Å². The van der Waals surface area contributed by atoms with E-state index in [1.54, 1.807) is 17.0 Å². The number of carbonyl (C=O) groups is 1. The lowest BCUT2D eigenvalue weighted by Gasteiger charge is -2.31. The number of halogens is 1. The van der Waals surface area contributed by atoms with Crippen LogP contribution < -0.4 is 5.56 Å². The minimum absolute atomic E-state index is 0.000411. The maximum atomic E-state index is 13.1. The van der Waals surface area contributed by atoms with Gasteiger partial charge in [0.25, 0.3) is 5.56 Å². The number of benzene rings is 1. The molecule has 0 bridgehead atoms. The highest BCUT2D eigenvalue weighted by atomic mass is 19.1. The van der Waals surface area contributed by atoms with Crippen molar-refractivity contribution >= 4 is 5.91 Å². The normalized spacial score (nSPS) is 22.7. The van der Waals surface area contributed by atoms with Gasteiger partial charge in [0.1, 0.15) is 5.82 Å². The van der Waals surface area contributed by atoms with Gasteiger partial charge >= 0.3 is 0 Å². The largest absolute Gasteiger partial charge is 0.373 e. The maximum absolute atomic E-state index is 13.1. The van der Waals surface area contributed by atoms with E-state index in [0.29, 0.717) is 43.8 Å². The molecule has 7 heteroatoms. The van der Waals surface area contributed by atoms with Gasteiger partial charge in [0.05, 0.1) is 30.6 Å². The number of amides is 1. The number of nitrogens with zero attached hydrogens (tertiary/aromatic N) is 2. The lowest BCUT2D eigenvalue weighted by molar-refractivity contribution is -0.138. The van der Waals surface area contributed by atoms with Gasteiger partial charge in [0.2, 0.25) is 5.91 Å². The van der Waals surface area contributed by atoms with Crippen LogP contribution in [0.3, 0.4) is 0 Å². The van der Waals surface area contributed by atoms with Gasteiger partial charge in [-0.2, -0.15) is 0 Å². The first-order valence-corrected chi connectivity index (χ1v) is 8.35. The van der Waals surface area contributed by atoms with Gasteiger partial charge in [-0.05, 0) is 30.5 Å². The predicted molar refractivity (Wildman–Crippen MR) is 87.2 cm³/mol. The summed E-state index contributed by atoms with van der Waals surface area (Å²) in [5.41, 5.74) is 1.99. The van der Waals surface area contributed by atoms with Crippen molar-refractivity contribution in [2.45, 2.75) is 25.5 Å². The first-order valence-electron chi connectivity index (χ1n) is 8.35. The first-order chi connectivity index (χ1) is 12.1. The summed E-state index contributed by atoms with van der Waals surface area (Å²) >= 11 is 0. The highest BCUT2D eigenvalue weighted by Crippen LogP contribution is 2.36. The van der Waals surface area contributed by atoms with E-state index in [1.165, 1.54) is 18.5 Å². The second kappa shape index (κ2) is 6.40. The van der Waals surface area contributed by atoms with Crippen LogP contribution in [0.5, 0.6) is 0 Å². The van der Waals surface area contributed by atoms with E-state index >= 15 is 0 Å². The smallest absolute Gasteiger partial charge is 0.254 e. The molecule has 0 aliphatic carbocycles. The molecule has 1 amide bonds. The van der Waals surface area contributed by atoms with E-state index in [1.807, 2.05) is 0 Å². The Balaban J connectivity index is 1.54. The molecule has 0 saturated carbocycles. The van der Waals surface area contributed by atoms with Crippen molar-refractivity contribution in [1.29, 1.82) is 0 Å². The Labute approximate surface area is 143 Å². The van der Waals surface area contributed by atoms with E-state index in [0.717, 1.165) is 5.56 Å². The molecule has 2 aliphatic heterocycles. The second-order valence-corrected chi connectivity index (χ2v) is 6.40. The topological polar surface area (TPSA) is 75.3 Å². The maximum Gasteiger partial charge on any atom is 0.254 e. The van der Waals surface area contributed by atoms with Gasteiger partial charge in [0.15, 0.2) is 0 Å². The molecule has 0 spiro atoms. The number of nitrogens with one attached hydrogen (secondary N) is 1. The number of aromatic nitrogens is 2. The summed E-state index contributed by atoms with van der Waals surface area (Å²) in [5.74, 6) is -0.609. The summed E-state index contributed by atoms with van der Waals surface area (Å²) in [7, 11) is 0. The van der Waals surface area contributed by atoms with E-state index in [4.69, 9.17) is 4.74 Å². The molecule has 1 aromatic heterocycles. The summed E-state index contributed by atoms with van der Waals surface area (Å²) in [6.45, 7) is 1.33. The van der Waals surface area contributed by atoms with Gasteiger partial charge in [-0.1, -0.05) is 12.1 Å². The van der Waals surface area contributed by atoms with Crippen LogP contribution in [0.4, 0.5) is 4.39 Å². The third kappa shape index (κ3) is 2.95. The number of hydrogen-bond donors (Lipinski definition) is 1. The minimum Gasteiger partial charge on any atom is -0.373 e. The number of ether oxygens (including phenoxy) is 1. The fraction of sp³-hybridized carbons (Fsp3) is 0.389. The summed E-state index contributed by atoms with van der Waals surface area (Å²) < 4.78 is 18.9. The highest BCUT2D eigenvalue weighted by Gasteiger charge is 2.38. The van der Waals surface area contributed by atoms with Crippen LogP contribution in [0.25, 0.3) is 0 Å². The van der Waals surface area contributed by atoms with Crippen LogP contribution in [0.15, 0.2) is 35.4 Å². The lowest BCUT2D eigenvalue weighted by atomic mass is 9.93. The molecule has 0 radical (unpaired) electrons. The molecule has 1 N–H and O–H groups in total. The van der Waals surface area contributed by atoms with Crippen molar-refractivity contribution in [3.8, 4) is 0 Å². The van der Waals surface area contributed by atoms with E-state index in [2.05, 4.69) is 9.97 Å². The number of H-pyrrole nitrogens is 1. The Morgan fingerprint density at radius 3 is 2.92 bits per heavy atom. The Bertz CT molecular complexity index is 849. The number of hydrogen-bond acceptors (Lipinski definition) is 4. The van der Waals surface area contributed by atoms with Crippen LogP contribution in [-0.4, -0.2) is 33.9 Å². The van der Waals surface area contributed by atoms with Gasteiger partial charge in [-0.3, -0.25) is 9.59 Å². The molecule has 1 aromatic carbocycles. The third-order valence-corrected chi connectivity index (χ3v) is 4.93. The van der Waals surface area contributed by atoms with Crippen molar-refractivity contribution in [2.24, 2.45) is 5.92 Å². The number of carbonyl (C=O) groups excluding carboxylic acids is 1. The van der Waals surface area contributed by atoms with Gasteiger partial charge in [-0.15, -0.1) is 0 Å². The van der Waals surface area contributed by atoms with Crippen LogP contribution >= 0.6 is 0 Å². The molecule has 2 aromatic rings. The lowest BCUT2D eigenvalue weighted by Crippen LogP contribution is -2.42. The molecule has 2 atom stereocenters. The molecule has 1 saturated heterocycles. The van der Waals surface area contributed by atoms with E-state index in [-0.39, 0.29) is 29.3 Å². The Kier molecular flexibility index (Phi) is 4.09. The average molecular weight is 343 g/mol. The van der Waals surface area contributed by atoms with Crippen molar-refractivity contribution in [3.63, 3.8) is 0 Å². The number of rotatable bonds is 2. The highest BCUT2D eigenvalue weighted by molar-refractivity contribution is 5.80. The molecular weight excluding hydrogens is 325 g/mol. The quantitative estimate of drug-likeness (QED) is 0.898. The van der Waals surface area contributed by atoms with Crippen LogP contribution in [0.1, 0.15) is 29.3 Å². The monoisotopic (exact) mass is 343 g/mol. The van der Waals surface area contributed by atoms with Crippen molar-refractivity contribution < 1.29 is 13.9 Å². The van der Waals surface area contributed by atoms with E-state index < -0.39 is 0 Å². The predicted octanol–water partition coefficient (Wildman–Crippen LogP) is 1.57. The fourth-order valence-corrected chi connectivity index (χ4v) is 3.61. The minimum atomic E-state index is -0.360. The van der Waals surface area contributed by atoms with Gasteiger partial charge in [-0.25, -0.2) is 9.37 Å². The average Bonchev–Trinajstić information content (AvgIpc) is 3.11. The van der Waals surface area contributed by atoms with Crippen LogP contribution in [0, 0.1) is 11.7 Å². The second-order valence-electron chi connectivity index (χ2n) is 6.40. The molecule has 6 nitrogen and oxygen atoms in total. The molecule has 2 aliphatic rings. The summed E-state index contributed by atoms with van der Waals surface area (Å²) in [4.78, 5) is 33.3. The molecule has 25 heavy (non-hydrogen) atoms. The van der Waals surface area contributed by atoms with Crippen molar-refractivity contribution in [2.75, 3.05) is 13.2 Å². The summed E-state index contributed by atoms with van der Waals surface area (Å²) in [6, 6.07) is 6.09. The van der Waals surface area contributed by atoms with Gasteiger partial charge in [0, 0.05) is 18.7 Å². The zero-order chi connectivity index (χ0) is 17.4. The first kappa shape index (κ1) is 16.0. The summed E-state index contributed by atoms with van der Waals surface area (Å²) in [5, 5.41) is 0. The molecule has 1 fully saturated rings. The Morgan fingerprint density at radius 2 is 2.12 bits per heavy atom. The van der Waals surface area contributed by atoms with Crippen molar-refractivity contribution in [3.05, 3.63) is 63.6 Å². The number of aromatic amines is 1. The molecule has 130 valence electrons. The third-order valence-electron chi connectivity index (χ3n) is 4.93. The fourth-order valence-electron chi connectivity index (χ4n) is 3.61. The molecule has 3 heterocycles. The summed E-state index contributed by atoms with van der Waals surface area (Å²) in [6.07, 6.45) is 2.14. The molecular formula is C18H18FN3O3. The number of fused-ring (bicyclic) bond motifs is 1. The van der Waals surface area contributed by atoms with Gasteiger partial charge < -0.3 is 14.6 Å². The zero-order valence-corrected chi connectivity index (χ0v) is 13.6. The van der Waals surface area contributed by atoms with Crippen LogP contribution in [-0.2, 0) is 22.5 Å².